The lowest BCUT2D eigenvalue weighted by molar-refractivity contribution is -0.140. The number of carbonyl (C=O) groups excluding carboxylic acids is 1. The molecule has 0 aromatic heterocycles. The van der Waals surface area contributed by atoms with Crippen molar-refractivity contribution < 1.29 is 17.9 Å². The molecule has 2 N–H and O–H groups in total. The SMILES string of the molecule is CCCN(CC(=O)OC)S(=O)(=O)c1ccc(Cl)c(N)c1. The Morgan fingerprint density at radius 2 is 2.10 bits per heavy atom. The minimum Gasteiger partial charge on any atom is -0.468 e. The van der Waals surface area contributed by atoms with E-state index in [1.807, 2.05) is 6.92 Å². The molecule has 112 valence electrons. The molecule has 0 saturated carbocycles. The van der Waals surface area contributed by atoms with Crippen LogP contribution in [0.15, 0.2) is 23.1 Å². The first-order chi connectivity index (χ1) is 9.32. The summed E-state index contributed by atoms with van der Waals surface area (Å²) in [5.41, 5.74) is 5.78. The fraction of sp³-hybridized carbons (Fsp3) is 0.417. The Bertz CT molecular complexity index is 589. The van der Waals surface area contributed by atoms with Crippen LogP contribution in [0.4, 0.5) is 5.69 Å². The Morgan fingerprint density at radius 3 is 2.60 bits per heavy atom. The molecule has 0 unspecified atom stereocenters. The van der Waals surface area contributed by atoms with Gasteiger partial charge in [0, 0.05) is 6.54 Å². The van der Waals surface area contributed by atoms with E-state index in [1.165, 1.54) is 25.3 Å². The summed E-state index contributed by atoms with van der Waals surface area (Å²) >= 11 is 5.77. The average Bonchev–Trinajstić information content (AvgIpc) is 2.40. The van der Waals surface area contributed by atoms with Gasteiger partial charge in [0.15, 0.2) is 0 Å². The highest BCUT2D eigenvalue weighted by Gasteiger charge is 2.26. The van der Waals surface area contributed by atoms with Crippen molar-refractivity contribution in [1.29, 1.82) is 0 Å². The third-order valence-electron chi connectivity index (χ3n) is 2.61. The standard InChI is InChI=1S/C12H17ClN2O4S/c1-3-6-15(8-12(16)19-2)20(17,18)9-4-5-10(13)11(14)7-9/h4-5,7H,3,6,8,14H2,1-2H3. The number of benzene rings is 1. The van der Waals surface area contributed by atoms with Gasteiger partial charge in [-0.15, -0.1) is 0 Å². The van der Waals surface area contributed by atoms with E-state index in [1.54, 1.807) is 0 Å². The van der Waals surface area contributed by atoms with Crippen LogP contribution in [0.3, 0.4) is 0 Å². The molecule has 0 amide bonds. The molecule has 1 rings (SSSR count). The number of hydrogen-bond donors (Lipinski definition) is 1. The molecule has 0 bridgehead atoms. The number of esters is 1. The summed E-state index contributed by atoms with van der Waals surface area (Å²) in [6.45, 7) is 1.69. The van der Waals surface area contributed by atoms with E-state index < -0.39 is 16.0 Å². The molecular weight excluding hydrogens is 304 g/mol. The van der Waals surface area contributed by atoms with Crippen LogP contribution in [0.25, 0.3) is 0 Å². The first-order valence-electron chi connectivity index (χ1n) is 5.95. The number of nitrogen functional groups attached to an aromatic ring is 1. The van der Waals surface area contributed by atoms with Crippen LogP contribution < -0.4 is 5.73 Å². The molecule has 20 heavy (non-hydrogen) atoms. The van der Waals surface area contributed by atoms with Gasteiger partial charge in [-0.25, -0.2) is 8.42 Å². The van der Waals surface area contributed by atoms with Crippen molar-refractivity contribution in [3.05, 3.63) is 23.2 Å². The number of nitrogens with zero attached hydrogens (tertiary/aromatic N) is 1. The highest BCUT2D eigenvalue weighted by atomic mass is 35.5. The number of halogens is 1. The monoisotopic (exact) mass is 320 g/mol. The minimum atomic E-state index is -3.81. The van der Waals surface area contributed by atoms with Crippen LogP contribution in [0, 0.1) is 0 Å². The lowest BCUT2D eigenvalue weighted by Gasteiger charge is -2.20. The molecule has 0 fully saturated rings. The van der Waals surface area contributed by atoms with Crippen molar-refractivity contribution in [1.82, 2.24) is 4.31 Å². The largest absolute Gasteiger partial charge is 0.468 e. The van der Waals surface area contributed by atoms with E-state index in [0.29, 0.717) is 6.42 Å². The number of rotatable bonds is 6. The maximum Gasteiger partial charge on any atom is 0.321 e. The second-order valence-electron chi connectivity index (χ2n) is 4.10. The lowest BCUT2D eigenvalue weighted by Crippen LogP contribution is -2.36. The van der Waals surface area contributed by atoms with Crippen LogP contribution in [0.1, 0.15) is 13.3 Å². The molecule has 1 aromatic carbocycles. The third-order valence-corrected chi connectivity index (χ3v) is 4.80. The van der Waals surface area contributed by atoms with E-state index in [2.05, 4.69) is 4.74 Å². The summed E-state index contributed by atoms with van der Waals surface area (Å²) in [4.78, 5) is 11.3. The summed E-state index contributed by atoms with van der Waals surface area (Å²) in [5.74, 6) is -0.621. The minimum absolute atomic E-state index is 0.00301. The van der Waals surface area contributed by atoms with Crippen molar-refractivity contribution in [3.8, 4) is 0 Å². The number of hydrogen-bond acceptors (Lipinski definition) is 5. The molecule has 0 atom stereocenters. The number of ether oxygens (including phenoxy) is 1. The molecule has 0 aliphatic heterocycles. The van der Waals surface area contributed by atoms with E-state index >= 15 is 0 Å². The zero-order valence-electron chi connectivity index (χ0n) is 11.3. The molecule has 0 spiro atoms. The van der Waals surface area contributed by atoms with Crippen LogP contribution in [0.2, 0.25) is 5.02 Å². The molecule has 6 nitrogen and oxygen atoms in total. The van der Waals surface area contributed by atoms with Gasteiger partial charge in [0.05, 0.1) is 22.7 Å². The summed E-state index contributed by atoms with van der Waals surface area (Å²) in [7, 11) is -2.61. The maximum absolute atomic E-state index is 12.5. The molecule has 1 aromatic rings. The van der Waals surface area contributed by atoms with Gasteiger partial charge in [-0.05, 0) is 24.6 Å². The number of methoxy groups -OCH3 is 1. The molecule has 0 heterocycles. The molecule has 0 aliphatic carbocycles. The molecule has 8 heteroatoms. The van der Waals surface area contributed by atoms with Gasteiger partial charge in [-0.1, -0.05) is 18.5 Å². The van der Waals surface area contributed by atoms with Gasteiger partial charge in [-0.2, -0.15) is 4.31 Å². The maximum atomic E-state index is 12.5. The van der Waals surface area contributed by atoms with Crippen LogP contribution in [0.5, 0.6) is 0 Å². The molecular formula is C12H17ClN2O4S. The highest BCUT2D eigenvalue weighted by Crippen LogP contribution is 2.24. The fourth-order valence-corrected chi connectivity index (χ4v) is 3.20. The van der Waals surface area contributed by atoms with Crippen LogP contribution >= 0.6 is 11.6 Å². The topological polar surface area (TPSA) is 89.7 Å². The molecule has 0 saturated heterocycles. The normalized spacial score (nSPS) is 11.6. The zero-order valence-corrected chi connectivity index (χ0v) is 12.9. The van der Waals surface area contributed by atoms with Gasteiger partial charge >= 0.3 is 5.97 Å². The fourth-order valence-electron chi connectivity index (χ4n) is 1.57. The van der Waals surface area contributed by atoms with Crippen molar-refractivity contribution in [3.63, 3.8) is 0 Å². The number of carbonyl (C=O) groups is 1. The number of nitrogens with two attached hydrogens (primary N) is 1. The van der Waals surface area contributed by atoms with E-state index in [4.69, 9.17) is 17.3 Å². The zero-order chi connectivity index (χ0) is 15.3. The summed E-state index contributed by atoms with van der Waals surface area (Å²) in [5, 5.41) is 0.277. The van der Waals surface area contributed by atoms with E-state index in [9.17, 15) is 13.2 Å². The first kappa shape index (κ1) is 16.7. The van der Waals surface area contributed by atoms with Gasteiger partial charge in [0.2, 0.25) is 10.0 Å². The lowest BCUT2D eigenvalue weighted by atomic mass is 10.3. The Kier molecular flexibility index (Phi) is 5.79. The van der Waals surface area contributed by atoms with Crippen molar-refractivity contribution in [2.45, 2.75) is 18.2 Å². The average molecular weight is 321 g/mol. The van der Waals surface area contributed by atoms with Crippen LogP contribution in [-0.4, -0.2) is 38.9 Å². The van der Waals surface area contributed by atoms with Gasteiger partial charge in [-0.3, -0.25) is 4.79 Å². The van der Waals surface area contributed by atoms with E-state index in [0.717, 1.165) is 4.31 Å². The highest BCUT2D eigenvalue weighted by molar-refractivity contribution is 7.89. The Hall–Kier alpha value is -1.31. The number of anilines is 1. The van der Waals surface area contributed by atoms with Gasteiger partial charge in [0.25, 0.3) is 0 Å². The molecule has 0 aliphatic rings. The third kappa shape index (κ3) is 3.84. The van der Waals surface area contributed by atoms with Gasteiger partial charge in [0.1, 0.15) is 6.54 Å². The van der Waals surface area contributed by atoms with E-state index in [-0.39, 0.29) is 28.7 Å². The van der Waals surface area contributed by atoms with Crippen molar-refractivity contribution >= 4 is 33.3 Å². The first-order valence-corrected chi connectivity index (χ1v) is 7.76. The predicted octanol–water partition coefficient (Wildman–Crippen LogP) is 1.50. The second kappa shape index (κ2) is 6.92. The Morgan fingerprint density at radius 1 is 1.45 bits per heavy atom. The summed E-state index contributed by atoms with van der Waals surface area (Å²) in [6, 6.07) is 4.04. The summed E-state index contributed by atoms with van der Waals surface area (Å²) in [6.07, 6.45) is 0.569. The van der Waals surface area contributed by atoms with Crippen molar-refractivity contribution in [2.24, 2.45) is 0 Å². The quantitative estimate of drug-likeness (QED) is 0.633. The molecule has 0 radical (unpaired) electrons. The predicted molar refractivity (Wildman–Crippen MR) is 76.9 cm³/mol. The van der Waals surface area contributed by atoms with Gasteiger partial charge < -0.3 is 10.5 Å². The Balaban J connectivity index is 3.14. The summed E-state index contributed by atoms with van der Waals surface area (Å²) < 4.78 is 30.5. The Labute approximate surface area is 123 Å². The second-order valence-corrected chi connectivity index (χ2v) is 6.44. The number of sulfonamides is 1. The van der Waals surface area contributed by atoms with Crippen molar-refractivity contribution in [2.75, 3.05) is 25.9 Å². The smallest absolute Gasteiger partial charge is 0.321 e. The van der Waals surface area contributed by atoms with Crippen LogP contribution in [-0.2, 0) is 19.6 Å².